The zero-order valence-electron chi connectivity index (χ0n) is 12.0. The van der Waals surface area contributed by atoms with Crippen LogP contribution in [0.1, 0.15) is 36.2 Å². The summed E-state index contributed by atoms with van der Waals surface area (Å²) >= 11 is 6.28. The van der Waals surface area contributed by atoms with Gasteiger partial charge in [-0.25, -0.2) is 9.37 Å². The third-order valence-electron chi connectivity index (χ3n) is 4.08. The number of halogens is 2. The molecular formula is C15H19ClFN3. The Balaban J connectivity index is 2.21. The minimum atomic E-state index is -0.209. The van der Waals surface area contributed by atoms with Crippen LogP contribution in [0.25, 0.3) is 11.0 Å². The monoisotopic (exact) mass is 295 g/mol. The van der Waals surface area contributed by atoms with Gasteiger partial charge < -0.3 is 9.47 Å². The first kappa shape index (κ1) is 13.8. The first-order valence-electron chi connectivity index (χ1n) is 6.98. The van der Waals surface area contributed by atoms with Crippen LogP contribution >= 0.6 is 11.6 Å². The highest BCUT2D eigenvalue weighted by atomic mass is 35.5. The minimum Gasteiger partial charge on any atom is -0.322 e. The molecular weight excluding hydrogens is 277 g/mol. The molecule has 0 spiro atoms. The molecule has 2 aromatic rings. The Morgan fingerprint density at radius 2 is 2.20 bits per heavy atom. The number of likely N-dealkylation sites (tertiary alicyclic amines) is 1. The molecule has 20 heavy (non-hydrogen) atoms. The number of fused-ring (bicyclic) bond motifs is 1. The van der Waals surface area contributed by atoms with Crippen LogP contribution in [-0.2, 0) is 0 Å². The van der Waals surface area contributed by atoms with Crippen LogP contribution in [0.2, 0.25) is 0 Å². The van der Waals surface area contributed by atoms with Crippen molar-refractivity contribution in [2.75, 3.05) is 20.1 Å². The summed E-state index contributed by atoms with van der Waals surface area (Å²) in [6.45, 7) is 5.76. The molecule has 5 heteroatoms. The number of hydrogen-bond acceptors (Lipinski definition) is 2. The van der Waals surface area contributed by atoms with Crippen molar-refractivity contribution in [3.63, 3.8) is 0 Å². The van der Waals surface area contributed by atoms with Gasteiger partial charge in [0.05, 0.1) is 16.4 Å². The molecule has 1 aromatic carbocycles. The number of imidazole rings is 1. The predicted molar refractivity (Wildman–Crippen MR) is 79.8 cm³/mol. The highest BCUT2D eigenvalue weighted by Crippen LogP contribution is 2.32. The van der Waals surface area contributed by atoms with Crippen molar-refractivity contribution in [1.82, 2.24) is 14.5 Å². The van der Waals surface area contributed by atoms with Gasteiger partial charge in [-0.05, 0) is 45.5 Å². The second kappa shape index (κ2) is 5.01. The topological polar surface area (TPSA) is 21.1 Å². The summed E-state index contributed by atoms with van der Waals surface area (Å²) < 4.78 is 16.0. The first-order chi connectivity index (χ1) is 9.47. The Kier molecular flexibility index (Phi) is 3.46. The van der Waals surface area contributed by atoms with Crippen LogP contribution in [0.15, 0.2) is 12.1 Å². The number of benzene rings is 1. The van der Waals surface area contributed by atoms with Crippen LogP contribution in [0.4, 0.5) is 4.39 Å². The van der Waals surface area contributed by atoms with Gasteiger partial charge >= 0.3 is 0 Å². The lowest BCUT2D eigenvalue weighted by molar-refractivity contribution is 0.392. The Morgan fingerprint density at radius 1 is 1.45 bits per heavy atom. The second-order valence-electron chi connectivity index (χ2n) is 5.75. The fourth-order valence-electron chi connectivity index (χ4n) is 3.03. The number of rotatable bonds is 2. The van der Waals surface area contributed by atoms with Gasteiger partial charge in [0, 0.05) is 18.7 Å². The number of aryl methyl sites for hydroxylation is 1. The fourth-order valence-corrected chi connectivity index (χ4v) is 3.18. The fraction of sp³-hybridized carbons (Fsp3) is 0.533. The molecule has 1 aromatic heterocycles. The molecule has 1 aliphatic rings. The molecule has 1 fully saturated rings. The van der Waals surface area contributed by atoms with E-state index in [0.29, 0.717) is 17.1 Å². The van der Waals surface area contributed by atoms with Gasteiger partial charge in [0.1, 0.15) is 11.6 Å². The molecule has 3 nitrogen and oxygen atoms in total. The summed E-state index contributed by atoms with van der Waals surface area (Å²) in [5.74, 6) is 0.631. The van der Waals surface area contributed by atoms with Crippen molar-refractivity contribution in [2.45, 2.75) is 31.7 Å². The van der Waals surface area contributed by atoms with E-state index in [2.05, 4.69) is 21.5 Å². The third kappa shape index (κ3) is 2.21. The zero-order chi connectivity index (χ0) is 14.4. The largest absolute Gasteiger partial charge is 0.322 e. The van der Waals surface area contributed by atoms with E-state index in [1.54, 1.807) is 6.92 Å². The molecule has 108 valence electrons. The molecule has 0 bridgehead atoms. The van der Waals surface area contributed by atoms with E-state index >= 15 is 0 Å². The van der Waals surface area contributed by atoms with Crippen molar-refractivity contribution >= 4 is 22.6 Å². The van der Waals surface area contributed by atoms with E-state index in [-0.39, 0.29) is 11.2 Å². The zero-order valence-corrected chi connectivity index (χ0v) is 12.8. The highest BCUT2D eigenvalue weighted by Gasteiger charge is 2.27. The Labute approximate surface area is 123 Å². The lowest BCUT2D eigenvalue weighted by Gasteiger charge is -2.18. The molecule has 3 rings (SSSR count). The van der Waals surface area contributed by atoms with E-state index < -0.39 is 0 Å². The summed E-state index contributed by atoms with van der Waals surface area (Å²) in [4.78, 5) is 6.86. The molecule has 2 atom stereocenters. The van der Waals surface area contributed by atoms with Crippen LogP contribution in [0.3, 0.4) is 0 Å². The quantitative estimate of drug-likeness (QED) is 0.789. The summed E-state index contributed by atoms with van der Waals surface area (Å²) in [7, 11) is 2.12. The Bertz CT molecular complexity index is 650. The van der Waals surface area contributed by atoms with E-state index in [0.717, 1.165) is 30.9 Å². The summed E-state index contributed by atoms with van der Waals surface area (Å²) in [5, 5.41) is -0.184. The number of aromatic nitrogens is 2. The van der Waals surface area contributed by atoms with Gasteiger partial charge in [-0.15, -0.1) is 11.6 Å². The lowest BCUT2D eigenvalue weighted by atomic mass is 10.2. The maximum absolute atomic E-state index is 13.7. The van der Waals surface area contributed by atoms with Gasteiger partial charge in [-0.1, -0.05) is 0 Å². The van der Waals surface area contributed by atoms with Gasteiger partial charge in [-0.3, -0.25) is 0 Å². The van der Waals surface area contributed by atoms with Gasteiger partial charge in [0.15, 0.2) is 0 Å². The van der Waals surface area contributed by atoms with Gasteiger partial charge in [-0.2, -0.15) is 0 Å². The smallest absolute Gasteiger partial charge is 0.128 e. The number of hydrogen-bond donors (Lipinski definition) is 0. The Morgan fingerprint density at radius 3 is 2.80 bits per heavy atom. The average Bonchev–Trinajstić information content (AvgIpc) is 2.94. The molecule has 2 unspecified atom stereocenters. The predicted octanol–water partition coefficient (Wildman–Crippen LogP) is 3.66. The van der Waals surface area contributed by atoms with Gasteiger partial charge in [0.2, 0.25) is 0 Å². The van der Waals surface area contributed by atoms with Crippen LogP contribution in [0.5, 0.6) is 0 Å². The molecule has 1 saturated heterocycles. The molecule has 1 aliphatic heterocycles. The Hall–Kier alpha value is -1.13. The molecule has 0 radical (unpaired) electrons. The van der Waals surface area contributed by atoms with Crippen molar-refractivity contribution in [2.24, 2.45) is 0 Å². The van der Waals surface area contributed by atoms with E-state index in [9.17, 15) is 4.39 Å². The normalized spacial score (nSPS) is 21.8. The van der Waals surface area contributed by atoms with Crippen LogP contribution in [0, 0.1) is 12.7 Å². The number of alkyl halides is 1. The van der Waals surface area contributed by atoms with Crippen molar-refractivity contribution < 1.29 is 4.39 Å². The minimum absolute atomic E-state index is 0.184. The number of nitrogens with zero attached hydrogens (tertiary/aromatic N) is 3. The molecule has 0 saturated carbocycles. The summed E-state index contributed by atoms with van der Waals surface area (Å²) in [6.07, 6.45) is 1.08. The summed E-state index contributed by atoms with van der Waals surface area (Å²) in [6, 6.07) is 3.77. The van der Waals surface area contributed by atoms with Crippen LogP contribution < -0.4 is 0 Å². The van der Waals surface area contributed by atoms with E-state index in [4.69, 9.17) is 11.6 Å². The van der Waals surface area contributed by atoms with Gasteiger partial charge in [0.25, 0.3) is 0 Å². The molecule has 2 heterocycles. The third-order valence-corrected chi connectivity index (χ3v) is 4.28. The molecule has 0 aliphatic carbocycles. The molecule has 0 amide bonds. The second-order valence-corrected chi connectivity index (χ2v) is 6.41. The SMILES string of the molecule is Cc1cc2c(cc1F)nc(C(C)Cl)n2C1CCN(C)C1. The van der Waals surface area contributed by atoms with Crippen LogP contribution in [-0.4, -0.2) is 34.6 Å². The maximum Gasteiger partial charge on any atom is 0.128 e. The average molecular weight is 296 g/mol. The molecule has 0 N–H and O–H groups in total. The standard InChI is InChI=1S/C15H19ClFN3/c1-9-6-14-13(7-12(9)17)18-15(10(2)16)20(14)11-4-5-19(3)8-11/h6-7,10-11H,4-5,8H2,1-3H3. The van der Waals surface area contributed by atoms with E-state index in [1.807, 2.05) is 13.0 Å². The lowest BCUT2D eigenvalue weighted by Crippen LogP contribution is -2.18. The van der Waals surface area contributed by atoms with Crippen molar-refractivity contribution in [3.8, 4) is 0 Å². The maximum atomic E-state index is 13.7. The van der Waals surface area contributed by atoms with E-state index in [1.165, 1.54) is 6.07 Å². The summed E-state index contributed by atoms with van der Waals surface area (Å²) in [5.41, 5.74) is 2.34. The van der Waals surface area contributed by atoms with Crippen molar-refractivity contribution in [3.05, 3.63) is 29.3 Å². The van der Waals surface area contributed by atoms with Crippen molar-refractivity contribution in [1.29, 1.82) is 0 Å². The highest BCUT2D eigenvalue weighted by molar-refractivity contribution is 6.20. The number of likely N-dealkylation sites (N-methyl/N-ethyl adjacent to an activating group) is 1. The first-order valence-corrected chi connectivity index (χ1v) is 7.41.